The lowest BCUT2D eigenvalue weighted by molar-refractivity contribution is 0.0637. The van der Waals surface area contributed by atoms with E-state index in [1.165, 1.54) is 36.8 Å². The second-order valence-corrected chi connectivity index (χ2v) is 5.61. The molecule has 0 bridgehead atoms. The monoisotopic (exact) mass is 246 g/mol. The summed E-state index contributed by atoms with van der Waals surface area (Å²) in [6, 6.07) is 9.41. The average molecular weight is 246 g/mol. The van der Waals surface area contributed by atoms with Crippen molar-refractivity contribution in [3.8, 4) is 0 Å². The van der Waals surface area contributed by atoms with Crippen molar-refractivity contribution in [1.82, 2.24) is 4.90 Å². The van der Waals surface area contributed by atoms with E-state index < -0.39 is 0 Å². The Kier molecular flexibility index (Phi) is 4.08. The standard InChI is InChI=1S/C16H26N2/c1-4-13(2)18(3)16(12-17)11-7-9-14-8-5-6-10-15(14)16/h5-6,8,10,13H,4,7,9,11-12,17H2,1-3H3. The maximum atomic E-state index is 6.20. The highest BCUT2D eigenvalue weighted by atomic mass is 15.2. The molecule has 2 atom stereocenters. The molecule has 0 radical (unpaired) electrons. The summed E-state index contributed by atoms with van der Waals surface area (Å²) in [6.07, 6.45) is 4.79. The van der Waals surface area contributed by atoms with Gasteiger partial charge in [-0.1, -0.05) is 31.2 Å². The molecule has 0 aromatic heterocycles. The third-order valence-corrected chi connectivity index (χ3v) is 4.82. The van der Waals surface area contributed by atoms with Crippen LogP contribution in [0.15, 0.2) is 24.3 Å². The van der Waals surface area contributed by atoms with Gasteiger partial charge in [-0.15, -0.1) is 0 Å². The molecule has 1 aliphatic carbocycles. The van der Waals surface area contributed by atoms with E-state index in [1.54, 1.807) is 0 Å². The smallest absolute Gasteiger partial charge is 0.0586 e. The van der Waals surface area contributed by atoms with Crippen LogP contribution in [0.4, 0.5) is 0 Å². The number of aryl methyl sites for hydroxylation is 1. The van der Waals surface area contributed by atoms with E-state index in [-0.39, 0.29) is 5.54 Å². The summed E-state index contributed by atoms with van der Waals surface area (Å²) in [5.74, 6) is 0. The van der Waals surface area contributed by atoms with Crippen LogP contribution in [-0.4, -0.2) is 24.5 Å². The van der Waals surface area contributed by atoms with Gasteiger partial charge in [0.2, 0.25) is 0 Å². The summed E-state index contributed by atoms with van der Waals surface area (Å²) in [5, 5.41) is 0. The maximum absolute atomic E-state index is 6.20. The van der Waals surface area contributed by atoms with E-state index in [2.05, 4.69) is 50.1 Å². The predicted octanol–water partition coefficient (Wildman–Crippen LogP) is 2.91. The fourth-order valence-corrected chi connectivity index (χ4v) is 3.32. The summed E-state index contributed by atoms with van der Waals surface area (Å²) in [6.45, 7) is 5.26. The van der Waals surface area contributed by atoms with Crippen LogP contribution < -0.4 is 5.73 Å². The zero-order valence-corrected chi connectivity index (χ0v) is 11.9. The van der Waals surface area contributed by atoms with Crippen molar-refractivity contribution in [2.24, 2.45) is 5.73 Å². The quantitative estimate of drug-likeness (QED) is 0.885. The van der Waals surface area contributed by atoms with Crippen molar-refractivity contribution in [1.29, 1.82) is 0 Å². The number of hydrogen-bond acceptors (Lipinski definition) is 2. The molecule has 0 fully saturated rings. The number of hydrogen-bond donors (Lipinski definition) is 1. The second kappa shape index (κ2) is 5.41. The minimum atomic E-state index is 0.0459. The molecule has 1 aromatic rings. The molecule has 0 saturated heterocycles. The first-order valence-electron chi connectivity index (χ1n) is 7.17. The fraction of sp³-hybridized carbons (Fsp3) is 0.625. The molecule has 0 spiro atoms. The number of rotatable bonds is 4. The van der Waals surface area contributed by atoms with Gasteiger partial charge in [0, 0.05) is 12.6 Å². The van der Waals surface area contributed by atoms with Gasteiger partial charge in [0.1, 0.15) is 0 Å². The van der Waals surface area contributed by atoms with Crippen LogP contribution in [0.25, 0.3) is 0 Å². The molecule has 2 rings (SSSR count). The molecule has 2 N–H and O–H groups in total. The van der Waals surface area contributed by atoms with Crippen molar-refractivity contribution in [2.75, 3.05) is 13.6 Å². The Morgan fingerprint density at radius 2 is 2.11 bits per heavy atom. The van der Waals surface area contributed by atoms with Crippen molar-refractivity contribution < 1.29 is 0 Å². The summed E-state index contributed by atoms with van der Waals surface area (Å²) < 4.78 is 0. The van der Waals surface area contributed by atoms with Gasteiger partial charge in [-0.05, 0) is 50.8 Å². The molecule has 0 heterocycles. The zero-order chi connectivity index (χ0) is 13.2. The molecule has 0 saturated carbocycles. The highest BCUT2D eigenvalue weighted by Crippen LogP contribution is 2.40. The molecular weight excluding hydrogens is 220 g/mol. The Balaban J connectivity index is 2.45. The third kappa shape index (κ3) is 2.08. The average Bonchev–Trinajstić information content (AvgIpc) is 2.44. The van der Waals surface area contributed by atoms with Gasteiger partial charge in [-0.3, -0.25) is 4.90 Å². The number of nitrogens with two attached hydrogens (primary N) is 1. The van der Waals surface area contributed by atoms with Crippen LogP contribution in [0.3, 0.4) is 0 Å². The van der Waals surface area contributed by atoms with Gasteiger partial charge < -0.3 is 5.73 Å². The molecule has 1 aromatic carbocycles. The summed E-state index contributed by atoms with van der Waals surface area (Å²) in [7, 11) is 2.24. The van der Waals surface area contributed by atoms with Crippen molar-refractivity contribution in [3.63, 3.8) is 0 Å². The molecule has 18 heavy (non-hydrogen) atoms. The summed E-state index contributed by atoms with van der Waals surface area (Å²) in [5.41, 5.74) is 9.20. The van der Waals surface area contributed by atoms with E-state index in [0.717, 1.165) is 0 Å². The number of benzene rings is 1. The minimum Gasteiger partial charge on any atom is -0.328 e. The Labute approximate surface area is 111 Å². The van der Waals surface area contributed by atoms with Crippen molar-refractivity contribution >= 4 is 0 Å². The van der Waals surface area contributed by atoms with E-state index in [1.807, 2.05) is 0 Å². The van der Waals surface area contributed by atoms with Crippen LogP contribution in [-0.2, 0) is 12.0 Å². The van der Waals surface area contributed by atoms with Gasteiger partial charge in [0.15, 0.2) is 0 Å². The SMILES string of the molecule is CCC(C)N(C)C1(CN)CCCc2ccccc21. The van der Waals surface area contributed by atoms with Crippen LogP contribution in [0.5, 0.6) is 0 Å². The highest BCUT2D eigenvalue weighted by Gasteiger charge is 2.40. The number of likely N-dealkylation sites (N-methyl/N-ethyl adjacent to an activating group) is 1. The van der Waals surface area contributed by atoms with Gasteiger partial charge in [0.25, 0.3) is 0 Å². The molecular formula is C16H26N2. The maximum Gasteiger partial charge on any atom is 0.0586 e. The molecule has 2 unspecified atom stereocenters. The Hall–Kier alpha value is -0.860. The normalized spacial score (nSPS) is 24.9. The largest absolute Gasteiger partial charge is 0.328 e. The Morgan fingerprint density at radius 3 is 2.78 bits per heavy atom. The van der Waals surface area contributed by atoms with Crippen LogP contribution in [0.2, 0.25) is 0 Å². The topological polar surface area (TPSA) is 29.3 Å². The van der Waals surface area contributed by atoms with Gasteiger partial charge in [-0.25, -0.2) is 0 Å². The van der Waals surface area contributed by atoms with Crippen LogP contribution >= 0.6 is 0 Å². The molecule has 0 aliphatic heterocycles. The zero-order valence-electron chi connectivity index (χ0n) is 11.9. The van der Waals surface area contributed by atoms with Gasteiger partial charge >= 0.3 is 0 Å². The van der Waals surface area contributed by atoms with Crippen LogP contribution in [0.1, 0.15) is 44.2 Å². The lowest BCUT2D eigenvalue weighted by Gasteiger charge is -2.48. The summed E-state index contributed by atoms with van der Waals surface area (Å²) >= 11 is 0. The van der Waals surface area contributed by atoms with E-state index in [0.29, 0.717) is 12.6 Å². The molecule has 100 valence electrons. The first-order valence-corrected chi connectivity index (χ1v) is 7.17. The highest BCUT2D eigenvalue weighted by molar-refractivity contribution is 5.36. The third-order valence-electron chi connectivity index (χ3n) is 4.82. The molecule has 0 amide bonds. The van der Waals surface area contributed by atoms with Crippen molar-refractivity contribution in [3.05, 3.63) is 35.4 Å². The van der Waals surface area contributed by atoms with Gasteiger partial charge in [0.05, 0.1) is 5.54 Å². The lowest BCUT2D eigenvalue weighted by Crippen LogP contribution is -2.54. The number of nitrogens with zero attached hydrogens (tertiary/aromatic N) is 1. The van der Waals surface area contributed by atoms with Crippen molar-refractivity contribution in [2.45, 2.75) is 51.1 Å². The van der Waals surface area contributed by atoms with E-state index in [4.69, 9.17) is 5.73 Å². The first kappa shape index (κ1) is 13.6. The molecule has 2 heteroatoms. The second-order valence-electron chi connectivity index (χ2n) is 5.61. The van der Waals surface area contributed by atoms with E-state index >= 15 is 0 Å². The fourth-order valence-electron chi connectivity index (χ4n) is 3.32. The minimum absolute atomic E-state index is 0.0459. The van der Waals surface area contributed by atoms with Crippen LogP contribution in [0, 0.1) is 0 Å². The number of fused-ring (bicyclic) bond motifs is 1. The molecule has 2 nitrogen and oxygen atoms in total. The molecule has 1 aliphatic rings. The summed E-state index contributed by atoms with van der Waals surface area (Å²) in [4.78, 5) is 2.50. The Morgan fingerprint density at radius 1 is 1.39 bits per heavy atom. The van der Waals surface area contributed by atoms with E-state index in [9.17, 15) is 0 Å². The predicted molar refractivity (Wildman–Crippen MR) is 77.6 cm³/mol. The Bertz CT molecular complexity index is 402. The first-order chi connectivity index (χ1) is 8.65. The lowest BCUT2D eigenvalue weighted by atomic mass is 9.75. The van der Waals surface area contributed by atoms with Gasteiger partial charge in [-0.2, -0.15) is 0 Å².